The van der Waals surface area contributed by atoms with Gasteiger partial charge in [-0.2, -0.15) is 0 Å². The van der Waals surface area contributed by atoms with Crippen LogP contribution < -0.4 is 0 Å². The van der Waals surface area contributed by atoms with Gasteiger partial charge in [-0.25, -0.2) is 9.59 Å². The minimum atomic E-state index is -0.946. The number of hydrogen-bond acceptors (Lipinski definition) is 4. The van der Waals surface area contributed by atoms with Crippen molar-refractivity contribution in [3.63, 3.8) is 0 Å². The molecule has 0 fully saturated rings. The van der Waals surface area contributed by atoms with Crippen molar-refractivity contribution in [2.75, 3.05) is 13.2 Å². The second-order valence-corrected chi connectivity index (χ2v) is 3.79. The van der Waals surface area contributed by atoms with Crippen LogP contribution in [0.25, 0.3) is 0 Å². The van der Waals surface area contributed by atoms with Crippen LogP contribution in [0.5, 0.6) is 0 Å². The maximum absolute atomic E-state index is 10.1. The van der Waals surface area contributed by atoms with Crippen LogP contribution in [0.15, 0.2) is 23.8 Å². The smallest absolute Gasteiger partial charge is 0.330 e. The lowest BCUT2D eigenvalue weighted by Crippen LogP contribution is -1.98. The van der Waals surface area contributed by atoms with Gasteiger partial charge in [0.15, 0.2) is 0 Å². The fourth-order valence-corrected chi connectivity index (χ4v) is 0.925. The van der Waals surface area contributed by atoms with Crippen LogP contribution in [0.4, 0.5) is 0 Å². The first kappa shape index (κ1) is 19.7. The van der Waals surface area contributed by atoms with Gasteiger partial charge in [0.05, 0.1) is 0 Å². The quantitative estimate of drug-likeness (QED) is 0.390. The molecule has 0 aromatic rings. The second kappa shape index (κ2) is 12.8. The first-order valence-electron chi connectivity index (χ1n) is 5.89. The summed E-state index contributed by atoms with van der Waals surface area (Å²) in [5.41, 5.74) is 0.498. The maximum Gasteiger partial charge on any atom is 0.330 e. The molecule has 0 saturated heterocycles. The van der Waals surface area contributed by atoms with Crippen molar-refractivity contribution in [3.05, 3.63) is 23.8 Å². The van der Waals surface area contributed by atoms with Crippen LogP contribution >= 0.6 is 0 Å². The highest BCUT2D eigenvalue weighted by molar-refractivity contribution is 5.86. The Balaban J connectivity index is 0. The monoisotopic (exact) mass is 274 g/mol. The van der Waals surface area contributed by atoms with Crippen LogP contribution in [-0.4, -0.2) is 45.6 Å². The van der Waals surface area contributed by atoms with Gasteiger partial charge in [0.25, 0.3) is 0 Å². The molecule has 0 aliphatic carbocycles. The molecular formula is C13H22O6. The van der Waals surface area contributed by atoms with E-state index in [1.165, 1.54) is 13.0 Å². The minimum Gasteiger partial charge on any atom is -0.478 e. The summed E-state index contributed by atoms with van der Waals surface area (Å²) in [6.07, 6.45) is 3.71. The van der Waals surface area contributed by atoms with E-state index < -0.39 is 11.9 Å². The lowest BCUT2D eigenvalue weighted by atomic mass is 10.1. The summed E-state index contributed by atoms with van der Waals surface area (Å²) in [7, 11) is 0. The van der Waals surface area contributed by atoms with Crippen LogP contribution in [0, 0.1) is 0 Å². The normalized spacial score (nSPS) is 10.4. The van der Waals surface area contributed by atoms with Crippen molar-refractivity contribution >= 4 is 11.9 Å². The van der Waals surface area contributed by atoms with Gasteiger partial charge >= 0.3 is 11.9 Å². The molecule has 0 unspecified atom stereocenters. The summed E-state index contributed by atoms with van der Waals surface area (Å²) < 4.78 is 0. The molecule has 0 radical (unpaired) electrons. The summed E-state index contributed by atoms with van der Waals surface area (Å²) in [5, 5.41) is 33.2. The third kappa shape index (κ3) is 14.3. The molecule has 4 N–H and O–H groups in total. The molecule has 0 aromatic carbocycles. The van der Waals surface area contributed by atoms with Gasteiger partial charge in [0, 0.05) is 24.4 Å². The lowest BCUT2D eigenvalue weighted by Gasteiger charge is -1.96. The number of unbranched alkanes of at least 4 members (excludes halogenated alkanes) is 1. The third-order valence-corrected chi connectivity index (χ3v) is 2.11. The molecule has 0 bridgehead atoms. The number of carboxylic acids is 2. The van der Waals surface area contributed by atoms with Crippen LogP contribution in [0.2, 0.25) is 0 Å². The first-order valence-corrected chi connectivity index (χ1v) is 5.89. The SMILES string of the molecule is C=C(CCCCO)C(=O)O.CC(=CCCO)C(=O)O. The standard InChI is InChI=1S/C7H12O3.C6H10O3/c1-6(7(9)10)4-2-3-5-8;1-5(6(8)9)3-2-4-7/h8H,1-5H2,(H,9,10);3,7H,2,4H2,1H3,(H,8,9). The molecule has 0 atom stereocenters. The van der Waals surface area contributed by atoms with E-state index in [4.69, 9.17) is 20.4 Å². The number of aliphatic hydroxyl groups is 2. The van der Waals surface area contributed by atoms with Gasteiger partial charge in [-0.15, -0.1) is 0 Å². The largest absolute Gasteiger partial charge is 0.478 e. The summed E-state index contributed by atoms with van der Waals surface area (Å²) in [6, 6.07) is 0. The molecule has 0 aliphatic heterocycles. The molecule has 0 rings (SSSR count). The first-order chi connectivity index (χ1) is 8.86. The zero-order valence-electron chi connectivity index (χ0n) is 11.1. The lowest BCUT2D eigenvalue weighted by molar-refractivity contribution is -0.133. The van der Waals surface area contributed by atoms with E-state index in [1.54, 1.807) is 0 Å². The third-order valence-electron chi connectivity index (χ3n) is 2.11. The summed E-state index contributed by atoms with van der Waals surface area (Å²) in [5.74, 6) is -1.87. The predicted octanol–water partition coefficient (Wildman–Crippen LogP) is 1.19. The van der Waals surface area contributed by atoms with E-state index in [0.717, 1.165) is 0 Å². The van der Waals surface area contributed by atoms with Crippen molar-refractivity contribution < 1.29 is 30.0 Å². The van der Waals surface area contributed by atoms with E-state index in [9.17, 15) is 9.59 Å². The average Bonchev–Trinajstić information content (AvgIpc) is 2.36. The number of rotatable bonds is 8. The summed E-state index contributed by atoms with van der Waals surface area (Å²) >= 11 is 0. The van der Waals surface area contributed by atoms with Gasteiger partial charge in [0.1, 0.15) is 0 Å². The zero-order valence-corrected chi connectivity index (χ0v) is 11.1. The second-order valence-electron chi connectivity index (χ2n) is 3.79. The van der Waals surface area contributed by atoms with Crippen molar-refractivity contribution in [1.29, 1.82) is 0 Å². The Kier molecular flexibility index (Phi) is 13.2. The van der Waals surface area contributed by atoms with E-state index in [2.05, 4.69) is 6.58 Å². The zero-order chi connectivity index (χ0) is 15.3. The van der Waals surface area contributed by atoms with Gasteiger partial charge in [-0.05, 0) is 32.6 Å². The Hall–Kier alpha value is -1.66. The molecule has 0 aliphatic rings. The minimum absolute atomic E-state index is 0.00458. The van der Waals surface area contributed by atoms with E-state index in [0.29, 0.717) is 25.7 Å². The maximum atomic E-state index is 10.1. The van der Waals surface area contributed by atoms with Crippen LogP contribution in [-0.2, 0) is 9.59 Å². The van der Waals surface area contributed by atoms with Gasteiger partial charge in [-0.1, -0.05) is 12.7 Å². The number of aliphatic hydroxyl groups excluding tert-OH is 2. The average molecular weight is 274 g/mol. The van der Waals surface area contributed by atoms with Crippen molar-refractivity contribution in [1.82, 2.24) is 0 Å². The molecule has 0 spiro atoms. The Bertz CT molecular complexity index is 319. The molecule has 110 valence electrons. The number of carbonyl (C=O) groups is 2. The van der Waals surface area contributed by atoms with Crippen molar-refractivity contribution in [2.24, 2.45) is 0 Å². The number of aliphatic carboxylic acids is 2. The summed E-state index contributed by atoms with van der Waals surface area (Å²) in [4.78, 5) is 20.2. The highest BCUT2D eigenvalue weighted by atomic mass is 16.4. The van der Waals surface area contributed by atoms with Crippen molar-refractivity contribution in [3.8, 4) is 0 Å². The summed E-state index contributed by atoms with van der Waals surface area (Å²) in [6.45, 7) is 4.97. The molecule has 6 heteroatoms. The highest BCUT2D eigenvalue weighted by Gasteiger charge is 2.01. The Morgan fingerprint density at radius 1 is 1.05 bits per heavy atom. The molecule has 0 aromatic heterocycles. The van der Waals surface area contributed by atoms with E-state index >= 15 is 0 Å². The topological polar surface area (TPSA) is 115 Å². The fourth-order valence-electron chi connectivity index (χ4n) is 0.925. The Labute approximate surface area is 112 Å². The molecule has 19 heavy (non-hydrogen) atoms. The number of hydrogen-bond donors (Lipinski definition) is 4. The predicted molar refractivity (Wildman–Crippen MR) is 70.8 cm³/mol. The van der Waals surface area contributed by atoms with Crippen LogP contribution in [0.1, 0.15) is 32.6 Å². The van der Waals surface area contributed by atoms with Gasteiger partial charge < -0.3 is 20.4 Å². The van der Waals surface area contributed by atoms with Gasteiger partial charge in [0.2, 0.25) is 0 Å². The fraction of sp³-hybridized carbons (Fsp3) is 0.538. The van der Waals surface area contributed by atoms with Crippen LogP contribution in [0.3, 0.4) is 0 Å². The highest BCUT2D eigenvalue weighted by Crippen LogP contribution is 2.03. The Morgan fingerprint density at radius 2 is 1.63 bits per heavy atom. The molecule has 0 heterocycles. The molecule has 0 amide bonds. The Morgan fingerprint density at radius 3 is 2.00 bits per heavy atom. The van der Waals surface area contributed by atoms with Crippen molar-refractivity contribution in [2.45, 2.75) is 32.6 Å². The van der Waals surface area contributed by atoms with Gasteiger partial charge in [-0.3, -0.25) is 0 Å². The molecule has 6 nitrogen and oxygen atoms in total. The number of carboxylic acid groups (broad SMARTS) is 2. The van der Waals surface area contributed by atoms with E-state index in [-0.39, 0.29) is 24.4 Å². The molecule has 0 saturated carbocycles. The molecular weight excluding hydrogens is 252 g/mol. The van der Waals surface area contributed by atoms with E-state index in [1.807, 2.05) is 0 Å².